The molecule has 0 saturated carbocycles. The van der Waals surface area contributed by atoms with Gasteiger partial charge in [-0.1, -0.05) is 18.2 Å². The molecule has 0 bridgehead atoms. The SMILES string of the molecule is CSCC[C@@H](N)C(=O)N1CCCc2cccc(C)c21. The quantitative estimate of drug-likeness (QED) is 0.919. The van der Waals surface area contributed by atoms with E-state index in [0.29, 0.717) is 0 Å². The number of nitrogens with zero attached hydrogens (tertiary/aromatic N) is 1. The zero-order valence-corrected chi connectivity index (χ0v) is 12.5. The van der Waals surface area contributed by atoms with E-state index in [2.05, 4.69) is 25.1 Å². The fraction of sp³-hybridized carbons (Fsp3) is 0.533. The summed E-state index contributed by atoms with van der Waals surface area (Å²) in [4.78, 5) is 14.4. The van der Waals surface area contributed by atoms with E-state index in [9.17, 15) is 4.79 Å². The number of para-hydroxylation sites is 1. The maximum atomic E-state index is 12.5. The van der Waals surface area contributed by atoms with Crippen molar-refractivity contribution in [2.45, 2.75) is 32.2 Å². The summed E-state index contributed by atoms with van der Waals surface area (Å²) in [6.45, 7) is 2.86. The standard InChI is InChI=1S/C15H22N2OS/c1-11-5-3-6-12-7-4-9-17(14(11)12)15(18)13(16)8-10-19-2/h3,5-6,13H,4,7-10,16H2,1-2H3/t13-/m1/s1. The molecule has 0 saturated heterocycles. The molecule has 1 aliphatic rings. The van der Waals surface area contributed by atoms with Crippen molar-refractivity contribution in [2.24, 2.45) is 5.73 Å². The fourth-order valence-corrected chi connectivity index (χ4v) is 3.13. The number of carbonyl (C=O) groups is 1. The van der Waals surface area contributed by atoms with Gasteiger partial charge in [0.2, 0.25) is 5.91 Å². The lowest BCUT2D eigenvalue weighted by Gasteiger charge is -2.32. The van der Waals surface area contributed by atoms with Gasteiger partial charge in [0.05, 0.1) is 6.04 Å². The number of hydrogen-bond acceptors (Lipinski definition) is 3. The normalized spacial score (nSPS) is 16.1. The van der Waals surface area contributed by atoms with Crippen molar-refractivity contribution in [3.8, 4) is 0 Å². The summed E-state index contributed by atoms with van der Waals surface area (Å²) in [7, 11) is 0. The van der Waals surface area contributed by atoms with Gasteiger partial charge in [-0.15, -0.1) is 0 Å². The molecule has 4 heteroatoms. The van der Waals surface area contributed by atoms with Crippen molar-refractivity contribution >= 4 is 23.4 Å². The van der Waals surface area contributed by atoms with Crippen molar-refractivity contribution in [3.05, 3.63) is 29.3 Å². The van der Waals surface area contributed by atoms with Gasteiger partial charge < -0.3 is 10.6 Å². The smallest absolute Gasteiger partial charge is 0.243 e. The largest absolute Gasteiger partial charge is 0.320 e. The maximum Gasteiger partial charge on any atom is 0.243 e. The van der Waals surface area contributed by atoms with Crippen LogP contribution in [0.25, 0.3) is 0 Å². The van der Waals surface area contributed by atoms with E-state index in [1.807, 2.05) is 11.2 Å². The third-order valence-electron chi connectivity index (χ3n) is 3.64. The second-order valence-corrected chi connectivity index (χ2v) is 6.05. The molecule has 104 valence electrons. The van der Waals surface area contributed by atoms with Gasteiger partial charge in [-0.05, 0) is 49.3 Å². The first kappa shape index (κ1) is 14.4. The second kappa shape index (κ2) is 6.44. The van der Waals surface area contributed by atoms with Crippen molar-refractivity contribution in [3.63, 3.8) is 0 Å². The Morgan fingerprint density at radius 1 is 1.53 bits per heavy atom. The molecule has 0 spiro atoms. The molecular formula is C15H22N2OS. The summed E-state index contributed by atoms with van der Waals surface area (Å²) in [5.41, 5.74) is 9.58. The Labute approximate surface area is 119 Å². The number of thioether (sulfide) groups is 1. The minimum absolute atomic E-state index is 0.0734. The van der Waals surface area contributed by atoms with Crippen molar-refractivity contribution in [1.82, 2.24) is 0 Å². The highest BCUT2D eigenvalue weighted by Gasteiger charge is 2.27. The second-order valence-electron chi connectivity index (χ2n) is 5.06. The number of benzene rings is 1. The minimum Gasteiger partial charge on any atom is -0.320 e. The van der Waals surface area contributed by atoms with Crippen LogP contribution in [0.4, 0.5) is 5.69 Å². The van der Waals surface area contributed by atoms with E-state index >= 15 is 0 Å². The van der Waals surface area contributed by atoms with E-state index in [1.54, 1.807) is 11.8 Å². The van der Waals surface area contributed by atoms with E-state index in [1.165, 1.54) is 11.1 Å². The molecular weight excluding hydrogens is 256 g/mol. The Kier molecular flexibility index (Phi) is 4.88. The number of carbonyl (C=O) groups excluding carboxylic acids is 1. The molecule has 0 fully saturated rings. The highest BCUT2D eigenvalue weighted by atomic mass is 32.2. The number of nitrogens with two attached hydrogens (primary N) is 1. The summed E-state index contributed by atoms with van der Waals surface area (Å²) < 4.78 is 0. The average Bonchev–Trinajstić information content (AvgIpc) is 2.43. The average molecular weight is 278 g/mol. The van der Waals surface area contributed by atoms with Crippen LogP contribution in [0.3, 0.4) is 0 Å². The van der Waals surface area contributed by atoms with E-state index in [-0.39, 0.29) is 11.9 Å². The third kappa shape index (κ3) is 3.12. The first-order valence-corrected chi connectivity index (χ1v) is 8.19. The number of hydrogen-bond donors (Lipinski definition) is 1. The maximum absolute atomic E-state index is 12.5. The number of rotatable bonds is 4. The first-order valence-electron chi connectivity index (χ1n) is 6.79. The number of aryl methyl sites for hydroxylation is 2. The molecule has 0 aliphatic carbocycles. The van der Waals surface area contributed by atoms with E-state index in [0.717, 1.165) is 37.2 Å². The monoisotopic (exact) mass is 278 g/mol. The topological polar surface area (TPSA) is 46.3 Å². The molecule has 1 atom stereocenters. The zero-order valence-electron chi connectivity index (χ0n) is 11.7. The van der Waals surface area contributed by atoms with Crippen LogP contribution in [-0.2, 0) is 11.2 Å². The molecule has 3 nitrogen and oxygen atoms in total. The lowest BCUT2D eigenvalue weighted by atomic mass is 9.97. The lowest BCUT2D eigenvalue weighted by molar-refractivity contribution is -0.120. The van der Waals surface area contributed by atoms with Gasteiger partial charge in [0.25, 0.3) is 0 Å². The van der Waals surface area contributed by atoms with Gasteiger partial charge in [-0.2, -0.15) is 11.8 Å². The summed E-state index contributed by atoms with van der Waals surface area (Å²) in [5, 5.41) is 0. The molecule has 0 unspecified atom stereocenters. The third-order valence-corrected chi connectivity index (χ3v) is 4.28. The molecule has 2 rings (SSSR count). The summed E-state index contributed by atoms with van der Waals surface area (Å²) in [6.07, 6.45) is 4.87. The summed E-state index contributed by atoms with van der Waals surface area (Å²) in [6, 6.07) is 5.88. The Hall–Kier alpha value is -1.00. The van der Waals surface area contributed by atoms with Crippen LogP contribution in [0, 0.1) is 6.92 Å². The van der Waals surface area contributed by atoms with Crippen molar-refractivity contribution < 1.29 is 4.79 Å². The van der Waals surface area contributed by atoms with Crippen LogP contribution in [-0.4, -0.2) is 30.5 Å². The molecule has 1 aromatic rings. The Morgan fingerprint density at radius 3 is 3.05 bits per heavy atom. The lowest BCUT2D eigenvalue weighted by Crippen LogP contribution is -2.46. The first-order chi connectivity index (χ1) is 9.15. The van der Waals surface area contributed by atoms with Crippen LogP contribution in [0.2, 0.25) is 0 Å². The van der Waals surface area contributed by atoms with Gasteiger partial charge in [-0.3, -0.25) is 4.79 Å². The summed E-state index contributed by atoms with van der Waals surface area (Å²) >= 11 is 1.73. The molecule has 19 heavy (non-hydrogen) atoms. The minimum atomic E-state index is -0.377. The molecule has 2 N–H and O–H groups in total. The van der Waals surface area contributed by atoms with E-state index in [4.69, 9.17) is 5.73 Å². The Bertz CT molecular complexity index is 461. The molecule has 1 aromatic carbocycles. The highest BCUT2D eigenvalue weighted by molar-refractivity contribution is 7.98. The fourth-order valence-electron chi connectivity index (χ4n) is 2.64. The zero-order chi connectivity index (χ0) is 13.8. The van der Waals surface area contributed by atoms with Crippen LogP contribution in [0.5, 0.6) is 0 Å². The van der Waals surface area contributed by atoms with Gasteiger partial charge in [0.1, 0.15) is 0 Å². The van der Waals surface area contributed by atoms with Crippen molar-refractivity contribution in [1.29, 1.82) is 0 Å². The number of fused-ring (bicyclic) bond motifs is 1. The molecule has 0 aromatic heterocycles. The van der Waals surface area contributed by atoms with E-state index < -0.39 is 0 Å². The van der Waals surface area contributed by atoms with Crippen LogP contribution in [0.1, 0.15) is 24.0 Å². The van der Waals surface area contributed by atoms with Gasteiger partial charge in [-0.25, -0.2) is 0 Å². The summed E-state index contributed by atoms with van der Waals surface area (Å²) in [5.74, 6) is 1.01. The van der Waals surface area contributed by atoms with Crippen LogP contribution < -0.4 is 10.6 Å². The molecule has 1 amide bonds. The Balaban J connectivity index is 2.21. The molecule has 1 aliphatic heterocycles. The Morgan fingerprint density at radius 2 is 2.32 bits per heavy atom. The highest BCUT2D eigenvalue weighted by Crippen LogP contribution is 2.30. The predicted octanol–water partition coefficient (Wildman–Crippen LogP) is 2.35. The molecule has 0 radical (unpaired) electrons. The van der Waals surface area contributed by atoms with Crippen LogP contribution in [0.15, 0.2) is 18.2 Å². The van der Waals surface area contributed by atoms with Crippen molar-refractivity contribution in [2.75, 3.05) is 23.5 Å². The van der Waals surface area contributed by atoms with Gasteiger partial charge in [0.15, 0.2) is 0 Å². The molecule has 1 heterocycles. The predicted molar refractivity (Wildman–Crippen MR) is 82.8 cm³/mol. The van der Waals surface area contributed by atoms with Crippen LogP contribution >= 0.6 is 11.8 Å². The number of anilines is 1. The van der Waals surface area contributed by atoms with Gasteiger partial charge in [0, 0.05) is 12.2 Å². The number of amides is 1. The van der Waals surface area contributed by atoms with Gasteiger partial charge >= 0.3 is 0 Å².